The van der Waals surface area contributed by atoms with Crippen LogP contribution in [0, 0.1) is 0 Å². The van der Waals surface area contributed by atoms with Gasteiger partial charge in [0.1, 0.15) is 0 Å². The van der Waals surface area contributed by atoms with E-state index in [-0.39, 0.29) is 0 Å². The highest BCUT2D eigenvalue weighted by molar-refractivity contribution is 14.1. The molecule has 2 aliphatic heterocycles. The molecular weight excluding hydrogens is 225 g/mol. The summed E-state index contributed by atoms with van der Waals surface area (Å²) in [6.45, 7) is 0. The molecule has 2 aliphatic rings. The monoisotopic (exact) mass is 235 g/mol. The number of hydrogen-bond acceptors (Lipinski definition) is 1. The average molecular weight is 235 g/mol. The number of rotatable bonds is 0. The lowest BCUT2D eigenvalue weighted by atomic mass is 10.2. The summed E-state index contributed by atoms with van der Waals surface area (Å²) in [6.07, 6.45) is 6.38. The molecule has 0 spiro atoms. The van der Waals surface area contributed by atoms with Gasteiger partial charge in [0.15, 0.2) is 0 Å². The standard InChI is InChI=1S/C7H10IN/c8-5-3-6-1-2-7(4-5)9-6/h3,6-7,9H,1-2,4H2. The molecule has 0 aromatic rings. The Morgan fingerprint density at radius 3 is 3.22 bits per heavy atom. The van der Waals surface area contributed by atoms with Gasteiger partial charge in [-0.15, -0.1) is 0 Å². The SMILES string of the molecule is IC1=CC2CCC(C1)N2. The molecule has 1 fully saturated rings. The van der Waals surface area contributed by atoms with Crippen LogP contribution < -0.4 is 5.32 Å². The second kappa shape index (κ2) is 2.23. The van der Waals surface area contributed by atoms with Crippen molar-refractivity contribution in [1.82, 2.24) is 5.32 Å². The molecule has 2 atom stereocenters. The molecule has 2 heteroatoms. The van der Waals surface area contributed by atoms with Gasteiger partial charge >= 0.3 is 0 Å². The zero-order valence-electron chi connectivity index (χ0n) is 5.23. The van der Waals surface area contributed by atoms with E-state index in [4.69, 9.17) is 0 Å². The van der Waals surface area contributed by atoms with Crippen molar-refractivity contribution in [2.24, 2.45) is 0 Å². The van der Waals surface area contributed by atoms with Crippen molar-refractivity contribution in [2.45, 2.75) is 31.3 Å². The zero-order chi connectivity index (χ0) is 6.27. The lowest BCUT2D eigenvalue weighted by Gasteiger charge is -2.17. The number of nitrogens with one attached hydrogen (secondary N) is 1. The third-order valence-electron chi connectivity index (χ3n) is 2.10. The normalized spacial score (nSPS) is 40.8. The molecule has 1 saturated heterocycles. The summed E-state index contributed by atoms with van der Waals surface area (Å²) in [5.41, 5.74) is 0. The first-order chi connectivity index (χ1) is 4.34. The van der Waals surface area contributed by atoms with Crippen LogP contribution in [0.1, 0.15) is 19.3 Å². The van der Waals surface area contributed by atoms with E-state index in [0.717, 1.165) is 12.1 Å². The molecule has 0 saturated carbocycles. The molecular formula is C7H10IN. The van der Waals surface area contributed by atoms with Gasteiger partial charge in [0.05, 0.1) is 0 Å². The van der Waals surface area contributed by atoms with E-state index >= 15 is 0 Å². The molecule has 0 aromatic carbocycles. The maximum absolute atomic E-state index is 3.54. The van der Waals surface area contributed by atoms with E-state index in [1.54, 1.807) is 3.58 Å². The molecule has 0 radical (unpaired) electrons. The molecule has 2 unspecified atom stereocenters. The summed E-state index contributed by atoms with van der Waals surface area (Å²) < 4.78 is 1.55. The first-order valence-corrected chi connectivity index (χ1v) is 4.55. The molecule has 0 aromatic heterocycles. The van der Waals surface area contributed by atoms with Gasteiger partial charge in [-0.3, -0.25) is 0 Å². The summed E-state index contributed by atoms with van der Waals surface area (Å²) in [5, 5.41) is 3.54. The fourth-order valence-electron chi connectivity index (χ4n) is 1.66. The largest absolute Gasteiger partial charge is 0.307 e. The van der Waals surface area contributed by atoms with Crippen LogP contribution in [0.4, 0.5) is 0 Å². The van der Waals surface area contributed by atoms with Crippen LogP contribution in [0.15, 0.2) is 9.66 Å². The lowest BCUT2D eigenvalue weighted by molar-refractivity contribution is 0.564. The summed E-state index contributed by atoms with van der Waals surface area (Å²) in [5.74, 6) is 0. The third kappa shape index (κ3) is 1.15. The highest BCUT2D eigenvalue weighted by atomic mass is 127. The van der Waals surface area contributed by atoms with Gasteiger partial charge in [-0.05, 0) is 45.4 Å². The van der Waals surface area contributed by atoms with Crippen LogP contribution in [0.25, 0.3) is 0 Å². The molecule has 1 nitrogen and oxygen atoms in total. The van der Waals surface area contributed by atoms with Crippen molar-refractivity contribution in [2.75, 3.05) is 0 Å². The fraction of sp³-hybridized carbons (Fsp3) is 0.714. The van der Waals surface area contributed by atoms with Crippen molar-refractivity contribution < 1.29 is 0 Å². The van der Waals surface area contributed by atoms with E-state index in [2.05, 4.69) is 34.0 Å². The molecule has 2 heterocycles. The van der Waals surface area contributed by atoms with Crippen LogP contribution in [0.5, 0.6) is 0 Å². The van der Waals surface area contributed by atoms with Crippen LogP contribution in [-0.4, -0.2) is 12.1 Å². The Labute approximate surface area is 69.0 Å². The zero-order valence-corrected chi connectivity index (χ0v) is 7.39. The molecule has 9 heavy (non-hydrogen) atoms. The minimum atomic E-state index is 0.718. The smallest absolute Gasteiger partial charge is 0.0263 e. The molecule has 0 aliphatic carbocycles. The molecule has 50 valence electrons. The average Bonchev–Trinajstić information content (AvgIpc) is 2.11. The van der Waals surface area contributed by atoms with Crippen molar-refractivity contribution in [3.63, 3.8) is 0 Å². The molecule has 1 N–H and O–H groups in total. The highest BCUT2D eigenvalue weighted by Gasteiger charge is 2.26. The van der Waals surface area contributed by atoms with Crippen molar-refractivity contribution in [3.05, 3.63) is 9.66 Å². The van der Waals surface area contributed by atoms with E-state index < -0.39 is 0 Å². The lowest BCUT2D eigenvalue weighted by Crippen LogP contribution is -2.31. The molecule has 0 amide bonds. The van der Waals surface area contributed by atoms with E-state index in [1.807, 2.05) is 0 Å². The third-order valence-corrected chi connectivity index (χ3v) is 2.90. The van der Waals surface area contributed by atoms with Crippen LogP contribution in [0.3, 0.4) is 0 Å². The summed E-state index contributed by atoms with van der Waals surface area (Å²) in [6, 6.07) is 1.53. The van der Waals surface area contributed by atoms with Gasteiger partial charge < -0.3 is 5.32 Å². The fourth-order valence-corrected chi connectivity index (χ4v) is 2.63. The minimum absolute atomic E-state index is 0.718. The Hall–Kier alpha value is 0.430. The first kappa shape index (κ1) is 6.16. The van der Waals surface area contributed by atoms with Crippen LogP contribution in [-0.2, 0) is 0 Å². The topological polar surface area (TPSA) is 12.0 Å². The van der Waals surface area contributed by atoms with Crippen molar-refractivity contribution in [3.8, 4) is 0 Å². The maximum Gasteiger partial charge on any atom is 0.0263 e. The maximum atomic E-state index is 3.54. The van der Waals surface area contributed by atoms with E-state index in [0.29, 0.717) is 0 Å². The van der Waals surface area contributed by atoms with E-state index in [9.17, 15) is 0 Å². The minimum Gasteiger partial charge on any atom is -0.307 e. The van der Waals surface area contributed by atoms with Gasteiger partial charge in [0.2, 0.25) is 0 Å². The second-order valence-electron chi connectivity index (χ2n) is 2.87. The Morgan fingerprint density at radius 2 is 2.44 bits per heavy atom. The summed E-state index contributed by atoms with van der Waals surface area (Å²) in [4.78, 5) is 0. The van der Waals surface area contributed by atoms with Crippen LogP contribution in [0.2, 0.25) is 0 Å². The van der Waals surface area contributed by atoms with E-state index in [1.165, 1.54) is 19.3 Å². The first-order valence-electron chi connectivity index (χ1n) is 3.47. The predicted molar refractivity (Wildman–Crippen MR) is 46.7 cm³/mol. The Kier molecular flexibility index (Phi) is 1.53. The van der Waals surface area contributed by atoms with Gasteiger partial charge in [-0.2, -0.15) is 0 Å². The van der Waals surface area contributed by atoms with Crippen molar-refractivity contribution >= 4 is 22.6 Å². The second-order valence-corrected chi connectivity index (χ2v) is 4.25. The van der Waals surface area contributed by atoms with Gasteiger partial charge in [0.25, 0.3) is 0 Å². The number of fused-ring (bicyclic) bond motifs is 2. The highest BCUT2D eigenvalue weighted by Crippen LogP contribution is 2.28. The summed E-state index contributed by atoms with van der Waals surface area (Å²) >= 11 is 2.45. The Bertz CT molecular complexity index is 153. The predicted octanol–water partition coefficient (Wildman–Crippen LogP) is 1.83. The number of halogens is 1. The van der Waals surface area contributed by atoms with Crippen LogP contribution >= 0.6 is 22.6 Å². The quantitative estimate of drug-likeness (QED) is 0.631. The molecule has 2 rings (SSSR count). The van der Waals surface area contributed by atoms with Gasteiger partial charge in [-0.1, -0.05) is 6.08 Å². The number of hydrogen-bond donors (Lipinski definition) is 1. The van der Waals surface area contributed by atoms with Crippen molar-refractivity contribution in [1.29, 1.82) is 0 Å². The van der Waals surface area contributed by atoms with Gasteiger partial charge in [0, 0.05) is 12.1 Å². The Morgan fingerprint density at radius 1 is 1.56 bits per heavy atom. The Balaban J connectivity index is 2.19. The van der Waals surface area contributed by atoms with Gasteiger partial charge in [-0.25, -0.2) is 0 Å². The summed E-state index contributed by atoms with van der Waals surface area (Å²) in [7, 11) is 0. The molecule has 2 bridgehead atoms.